The first-order valence-electron chi connectivity index (χ1n) is 27.5. The molecule has 3 atom stereocenters. The van der Waals surface area contributed by atoms with Crippen molar-refractivity contribution >= 4 is 177 Å². The van der Waals surface area contributed by atoms with Gasteiger partial charge < -0.3 is 61.7 Å². The van der Waals surface area contributed by atoms with Gasteiger partial charge in [0.2, 0.25) is 0 Å². The molecule has 0 aliphatic carbocycles. The first kappa shape index (κ1) is 173. The highest BCUT2D eigenvalue weighted by Gasteiger charge is 2.40. The third kappa shape index (κ3) is 135. The van der Waals surface area contributed by atoms with E-state index < -0.39 is 177 Å². The molecule has 0 heterocycles. The lowest BCUT2D eigenvalue weighted by atomic mass is 11.8. The number of hydrogen-bond acceptors (Lipinski definition) is 15. The fraction of sp³-hybridized carbons (Fsp3) is 1.00. The molecular formula is C59H208O15Si20. The van der Waals surface area contributed by atoms with Crippen molar-refractivity contribution in [2.75, 3.05) is 0 Å². The van der Waals surface area contributed by atoms with Crippen LogP contribution in [0.4, 0.5) is 0 Å². The lowest BCUT2D eigenvalue weighted by Crippen LogP contribution is -2.52. The Hall–Kier alpha value is 3.74. The molecule has 0 radical (unpaired) electrons. The van der Waals surface area contributed by atoms with Gasteiger partial charge in [-0.25, -0.2) is 0 Å². The highest BCUT2D eigenvalue weighted by Crippen LogP contribution is 2.21. The summed E-state index contributed by atoms with van der Waals surface area (Å²) in [6, 6.07) is 0. The Morgan fingerprint density at radius 1 is 0.149 bits per heavy atom. The summed E-state index contributed by atoms with van der Waals surface area (Å²) in [4.78, 5) is 0. The Kier molecular flexibility index (Phi) is 146. The van der Waals surface area contributed by atoms with Gasteiger partial charge in [-0.05, 0) is 255 Å². The van der Waals surface area contributed by atoms with E-state index in [1.165, 1.54) is 0 Å². The lowest BCUT2D eigenvalue weighted by Gasteiger charge is -2.35. The van der Waals surface area contributed by atoms with E-state index in [4.69, 9.17) is 61.7 Å². The summed E-state index contributed by atoms with van der Waals surface area (Å²) < 4.78 is 89.9. The van der Waals surface area contributed by atoms with E-state index in [9.17, 15) is 0 Å². The van der Waals surface area contributed by atoms with E-state index in [0.29, 0.717) is 0 Å². The molecule has 0 rings (SSSR count). The van der Waals surface area contributed by atoms with E-state index in [1.54, 1.807) is 0 Å². The summed E-state index contributed by atoms with van der Waals surface area (Å²) in [7, 11) is -28.8. The van der Waals surface area contributed by atoms with Crippen molar-refractivity contribution in [3.05, 3.63) is 0 Å². The molecule has 0 spiro atoms. The molecule has 0 aromatic carbocycles. The third-order valence-corrected chi connectivity index (χ3v) is 67.0. The largest absolute Gasteiger partial charge is 0.442 e. The highest BCUT2D eigenvalue weighted by atomic mass is 28.5. The van der Waals surface area contributed by atoms with Crippen LogP contribution in [0.3, 0.4) is 0 Å². The van der Waals surface area contributed by atoms with Crippen LogP contribution in [0, 0.1) is 0 Å². The van der Waals surface area contributed by atoms with Crippen molar-refractivity contribution in [2.45, 2.75) is 404 Å². The quantitative estimate of drug-likeness (QED) is 0.0630. The van der Waals surface area contributed by atoms with Gasteiger partial charge in [0.25, 0.3) is 27.9 Å². The van der Waals surface area contributed by atoms with Gasteiger partial charge in [0.05, 0.1) is 0 Å². The molecule has 35 heteroatoms. The molecule has 0 fully saturated rings. The summed E-state index contributed by atoms with van der Waals surface area (Å²) in [5.41, 5.74) is 0. The monoisotopic (exact) mass is 1720 g/mol. The topological polar surface area (TPSA) is 138 Å². The van der Waals surface area contributed by atoms with Crippen LogP contribution in [0.2, 0.25) is 255 Å². The Morgan fingerprint density at radius 3 is 0.468 bits per heavy atom. The van der Waals surface area contributed by atoms with Gasteiger partial charge in [-0.15, -0.1) is 0 Å². The molecule has 0 aromatic rings. The molecule has 15 nitrogen and oxygen atoms in total. The maximum absolute atomic E-state index is 6.23. The highest BCUT2D eigenvalue weighted by molar-refractivity contribution is 6.87. The van der Waals surface area contributed by atoms with Gasteiger partial charge in [0, 0.05) is 0 Å². The van der Waals surface area contributed by atoms with Gasteiger partial charge in [-0.2, -0.15) is 0 Å². The van der Waals surface area contributed by atoms with E-state index >= 15 is 0 Å². The van der Waals surface area contributed by atoms with Crippen LogP contribution in [0.5, 0.6) is 0 Å². The van der Waals surface area contributed by atoms with Crippen LogP contribution in [0.1, 0.15) is 149 Å². The van der Waals surface area contributed by atoms with Gasteiger partial charge in [0.1, 0.15) is 0 Å². The van der Waals surface area contributed by atoms with Crippen LogP contribution < -0.4 is 0 Å². The van der Waals surface area contributed by atoms with Crippen molar-refractivity contribution in [2.24, 2.45) is 0 Å². The van der Waals surface area contributed by atoms with Gasteiger partial charge in [-0.1, -0.05) is 149 Å². The number of rotatable bonds is 30. The second kappa shape index (κ2) is 79.3. The average molecular weight is 1720 g/mol. The normalized spacial score (nSPS) is 11.8. The average Bonchev–Trinajstić information content (AvgIpc) is 2.96. The van der Waals surface area contributed by atoms with Gasteiger partial charge in [-0.3, -0.25) is 0 Å². The molecule has 614 valence electrons. The Morgan fingerprint density at radius 2 is 0.298 bits per heavy atom. The van der Waals surface area contributed by atoms with Crippen LogP contribution in [0.25, 0.3) is 0 Å². The van der Waals surface area contributed by atoms with Crippen molar-refractivity contribution in [3.63, 3.8) is 0 Å². The SMILES string of the molecule is C.C.C.C.C.C.C.C.C.C.C.C.C.C.C.C.C.C.C.C.C[SiH](C)O[SiH](C)O[Si](C)(C)O[SiH](C)C.C[SiH](C)O[SiH](C)O[Si](C)(C)O[Si](C)(C)O[SiH](C)C.C[SiH](C)O[Si](C)(C)O[SiH](C)C.C[SiH](C)O[Si](C)(C)O[Si](C)(C)O[SiH](C)C.C[SiH](O[Si](C)(C)C)O[Si](C)(C)O[Si](C)(C)C. The fourth-order valence-electron chi connectivity index (χ4n) is 8.05. The van der Waals surface area contributed by atoms with Crippen LogP contribution in [0.15, 0.2) is 0 Å². The molecule has 94 heavy (non-hydrogen) atoms. The molecule has 0 N–H and O–H groups in total. The Bertz CT molecular complexity index is 1390. The van der Waals surface area contributed by atoms with Crippen LogP contribution in [-0.2, 0) is 61.7 Å². The zero-order valence-electron chi connectivity index (χ0n) is 56.0. The zero-order chi connectivity index (χ0) is 60.5. The molecule has 0 aliphatic rings. The zero-order valence-corrected chi connectivity index (χ0v) is 77.7. The van der Waals surface area contributed by atoms with Crippen LogP contribution in [-0.4, -0.2) is 177 Å². The maximum atomic E-state index is 6.23. The van der Waals surface area contributed by atoms with Gasteiger partial charge >= 0.3 is 59.9 Å². The molecule has 0 aromatic heterocycles. The standard InChI is InChI=1S/C9H30O4Si5.C9H28O3Si4.C8H26O3Si4.C7H24O3Si4.C6H20O2Si3.20CH4/c1-14(2)10-16(5)12-18(8,9)13-17(6,7)11-15(3)4;1-13(10-14(2,3)4)11-16(8,9)12-15(5,6)7;1-12(2)9-14(5,6)11-15(7,8)10-13(3)4;1-11(2)8-13(5)10-14(6,7)9-12(3)4;1-9(2)7-11(5,6)8-10(3)4;;;;;;;;;;;;;;;;;;;;/h14-16H,1-9H3;13H,1-9H3;12-13H,1-8H3;11-13H,1-7H3;9-10H,1-6H3;20*1H4. The number of hydrogen-bond donors (Lipinski definition) is 0. The van der Waals surface area contributed by atoms with Crippen molar-refractivity contribution in [1.29, 1.82) is 0 Å². The van der Waals surface area contributed by atoms with E-state index in [-0.39, 0.29) is 149 Å². The molecule has 0 bridgehead atoms. The third-order valence-electron chi connectivity index (χ3n) is 7.45. The molecule has 0 saturated heterocycles. The molecule has 0 amide bonds. The minimum absolute atomic E-state index is 0. The predicted molar refractivity (Wildman–Crippen MR) is 510 cm³/mol. The second-order valence-corrected chi connectivity index (χ2v) is 88.2. The first-order valence-corrected chi connectivity index (χ1v) is 82.6. The fourth-order valence-corrected chi connectivity index (χ4v) is 77.0. The van der Waals surface area contributed by atoms with E-state index in [1.807, 2.05) is 0 Å². The van der Waals surface area contributed by atoms with Crippen molar-refractivity contribution < 1.29 is 61.7 Å². The van der Waals surface area contributed by atoms with Crippen LogP contribution >= 0.6 is 0 Å². The molecule has 0 aliphatic heterocycles. The smallest absolute Gasteiger partial charge is 0.313 e. The molecule has 3 unspecified atom stereocenters. The summed E-state index contributed by atoms with van der Waals surface area (Å²) >= 11 is 0. The van der Waals surface area contributed by atoms with E-state index in [0.717, 1.165) is 0 Å². The lowest BCUT2D eigenvalue weighted by molar-refractivity contribution is 0.317. The minimum Gasteiger partial charge on any atom is -0.442 e. The van der Waals surface area contributed by atoms with Crippen molar-refractivity contribution in [3.8, 4) is 0 Å². The van der Waals surface area contributed by atoms with Crippen molar-refractivity contribution in [1.82, 2.24) is 0 Å². The van der Waals surface area contributed by atoms with E-state index in [2.05, 4.69) is 255 Å². The van der Waals surface area contributed by atoms with Gasteiger partial charge in [0.15, 0.2) is 89.0 Å². The first-order chi connectivity index (χ1) is 32.3. The maximum Gasteiger partial charge on any atom is 0.313 e. The summed E-state index contributed by atoms with van der Waals surface area (Å²) in [6.07, 6.45) is 0. The summed E-state index contributed by atoms with van der Waals surface area (Å²) in [5.74, 6) is 0. The summed E-state index contributed by atoms with van der Waals surface area (Å²) in [5, 5.41) is 0. The molecule has 0 saturated carbocycles. The predicted octanol–water partition coefficient (Wildman–Crippen LogP) is 23.9. The Balaban J connectivity index is -0.0000000263. The second-order valence-electron chi connectivity index (χ2n) is 25.9. The Labute approximate surface area is 637 Å². The minimum atomic E-state index is -2.12. The summed E-state index contributed by atoms with van der Waals surface area (Å²) in [6.45, 7) is 84.2. The molecular weight excluding hydrogens is 1510 g/mol.